The molecule has 2 aromatic carbocycles. The molecule has 1 aromatic heterocycles. The minimum Gasteiger partial charge on any atom is -0.322 e. The fourth-order valence-electron chi connectivity index (χ4n) is 2.16. The first-order valence-electron chi connectivity index (χ1n) is 6.92. The molecule has 3 nitrogen and oxygen atoms in total. The summed E-state index contributed by atoms with van der Waals surface area (Å²) >= 11 is 6.06. The molecule has 5 heteroatoms. The Morgan fingerprint density at radius 1 is 1.04 bits per heavy atom. The number of halogens is 2. The molecule has 0 atom stereocenters. The van der Waals surface area contributed by atoms with Crippen molar-refractivity contribution in [1.29, 1.82) is 0 Å². The number of para-hydroxylation sites is 1. The van der Waals surface area contributed by atoms with E-state index >= 15 is 0 Å². The number of rotatable bonds is 3. The van der Waals surface area contributed by atoms with Gasteiger partial charge in [0, 0.05) is 17.4 Å². The third-order valence-electron chi connectivity index (χ3n) is 3.28. The highest BCUT2D eigenvalue weighted by Crippen LogP contribution is 2.26. The Morgan fingerprint density at radius 3 is 2.52 bits per heavy atom. The van der Waals surface area contributed by atoms with Gasteiger partial charge >= 0.3 is 0 Å². The number of hydrogen-bond donors (Lipinski definition) is 1. The molecule has 23 heavy (non-hydrogen) atoms. The molecule has 3 aromatic rings. The fraction of sp³-hybridized carbons (Fsp3) is 0. The number of amides is 1. The van der Waals surface area contributed by atoms with Crippen molar-refractivity contribution < 1.29 is 9.18 Å². The smallest absolute Gasteiger partial charge is 0.258 e. The van der Waals surface area contributed by atoms with Gasteiger partial charge in [-0.1, -0.05) is 35.9 Å². The maximum Gasteiger partial charge on any atom is 0.258 e. The van der Waals surface area contributed by atoms with E-state index < -0.39 is 11.7 Å². The summed E-state index contributed by atoms with van der Waals surface area (Å²) in [5.41, 5.74) is 1.56. The second-order valence-corrected chi connectivity index (χ2v) is 5.26. The third-order valence-corrected chi connectivity index (χ3v) is 3.58. The lowest BCUT2D eigenvalue weighted by Gasteiger charge is -2.08. The zero-order valence-electron chi connectivity index (χ0n) is 12.0. The number of benzene rings is 2. The first-order chi connectivity index (χ1) is 11.1. The van der Waals surface area contributed by atoms with E-state index in [-0.39, 0.29) is 5.56 Å². The van der Waals surface area contributed by atoms with Gasteiger partial charge < -0.3 is 5.32 Å². The van der Waals surface area contributed by atoms with Crippen LogP contribution in [0.4, 0.5) is 10.1 Å². The average Bonchev–Trinajstić information content (AvgIpc) is 2.56. The maximum atomic E-state index is 14.3. The number of nitrogens with one attached hydrogen (secondary N) is 1. The van der Waals surface area contributed by atoms with Gasteiger partial charge in [-0.25, -0.2) is 4.39 Å². The molecule has 114 valence electrons. The lowest BCUT2D eigenvalue weighted by Crippen LogP contribution is -2.13. The van der Waals surface area contributed by atoms with E-state index in [1.54, 1.807) is 48.7 Å². The van der Waals surface area contributed by atoms with Crippen LogP contribution >= 0.6 is 11.6 Å². The molecule has 0 aliphatic rings. The van der Waals surface area contributed by atoms with Crippen LogP contribution in [0.25, 0.3) is 11.3 Å². The summed E-state index contributed by atoms with van der Waals surface area (Å²) in [5.74, 6) is -1.13. The number of hydrogen-bond acceptors (Lipinski definition) is 2. The Bertz CT molecular complexity index is 853. The first kappa shape index (κ1) is 15.2. The van der Waals surface area contributed by atoms with Crippen molar-refractivity contribution in [2.24, 2.45) is 0 Å². The zero-order chi connectivity index (χ0) is 16.2. The van der Waals surface area contributed by atoms with Crippen LogP contribution in [0.5, 0.6) is 0 Å². The monoisotopic (exact) mass is 326 g/mol. The number of aromatic nitrogens is 1. The van der Waals surface area contributed by atoms with Crippen LogP contribution < -0.4 is 5.32 Å². The van der Waals surface area contributed by atoms with Gasteiger partial charge in [-0.15, -0.1) is 0 Å². The standard InChI is InChI=1S/C18H12ClFN2O/c19-15-7-4-10-21-17(15)12-8-9-14(16(20)11-12)18(23)22-13-5-2-1-3-6-13/h1-11H,(H,22,23). The van der Waals surface area contributed by atoms with Crippen LogP contribution in [0.15, 0.2) is 66.9 Å². The molecule has 0 saturated carbocycles. The summed E-state index contributed by atoms with van der Waals surface area (Å²) < 4.78 is 14.3. The van der Waals surface area contributed by atoms with E-state index in [1.165, 1.54) is 12.1 Å². The maximum absolute atomic E-state index is 14.3. The SMILES string of the molecule is O=C(Nc1ccccc1)c1ccc(-c2ncccc2Cl)cc1F. The van der Waals surface area contributed by atoms with E-state index in [0.717, 1.165) is 0 Å². The summed E-state index contributed by atoms with van der Waals surface area (Å²) in [4.78, 5) is 16.3. The molecule has 0 spiro atoms. The van der Waals surface area contributed by atoms with Gasteiger partial charge in [-0.3, -0.25) is 9.78 Å². The van der Waals surface area contributed by atoms with Crippen LogP contribution in [-0.4, -0.2) is 10.9 Å². The highest BCUT2D eigenvalue weighted by molar-refractivity contribution is 6.33. The second-order valence-electron chi connectivity index (χ2n) is 4.85. The molecule has 1 amide bonds. The van der Waals surface area contributed by atoms with Gasteiger partial charge in [0.1, 0.15) is 5.82 Å². The Balaban J connectivity index is 1.88. The van der Waals surface area contributed by atoms with Crippen molar-refractivity contribution in [3.05, 3.63) is 83.3 Å². The molecule has 0 aliphatic carbocycles. The van der Waals surface area contributed by atoms with E-state index in [1.807, 2.05) is 6.07 Å². The molecule has 3 rings (SSSR count). The summed E-state index contributed by atoms with van der Waals surface area (Å²) in [7, 11) is 0. The van der Waals surface area contributed by atoms with E-state index in [0.29, 0.717) is 22.0 Å². The Morgan fingerprint density at radius 2 is 1.83 bits per heavy atom. The molecule has 0 saturated heterocycles. The summed E-state index contributed by atoms with van der Waals surface area (Å²) in [6, 6.07) is 16.6. The van der Waals surface area contributed by atoms with Crippen LogP contribution in [0, 0.1) is 5.82 Å². The number of nitrogens with zero attached hydrogens (tertiary/aromatic N) is 1. The van der Waals surface area contributed by atoms with Crippen molar-refractivity contribution in [3.8, 4) is 11.3 Å². The van der Waals surface area contributed by atoms with Gasteiger partial charge in [0.25, 0.3) is 5.91 Å². The van der Waals surface area contributed by atoms with Gasteiger partial charge in [0.15, 0.2) is 0 Å². The van der Waals surface area contributed by atoms with Crippen molar-refractivity contribution >= 4 is 23.2 Å². The molecular weight excluding hydrogens is 315 g/mol. The van der Waals surface area contributed by atoms with E-state index in [9.17, 15) is 9.18 Å². The van der Waals surface area contributed by atoms with Crippen LogP contribution in [0.1, 0.15) is 10.4 Å². The Kier molecular flexibility index (Phi) is 4.35. The van der Waals surface area contributed by atoms with Gasteiger partial charge in [-0.2, -0.15) is 0 Å². The normalized spacial score (nSPS) is 10.3. The minimum atomic E-state index is -0.627. The van der Waals surface area contributed by atoms with Crippen LogP contribution in [0.2, 0.25) is 5.02 Å². The van der Waals surface area contributed by atoms with E-state index in [2.05, 4.69) is 10.3 Å². The molecule has 0 unspecified atom stereocenters. The summed E-state index contributed by atoms with van der Waals surface area (Å²) in [6.07, 6.45) is 1.58. The van der Waals surface area contributed by atoms with Gasteiger partial charge in [0.2, 0.25) is 0 Å². The molecular formula is C18H12ClFN2O. The largest absolute Gasteiger partial charge is 0.322 e. The van der Waals surface area contributed by atoms with Crippen LogP contribution in [-0.2, 0) is 0 Å². The number of pyridine rings is 1. The molecule has 0 radical (unpaired) electrons. The predicted octanol–water partition coefficient (Wildman–Crippen LogP) is 4.79. The third kappa shape index (κ3) is 3.38. The molecule has 1 heterocycles. The van der Waals surface area contributed by atoms with Crippen molar-refractivity contribution in [3.63, 3.8) is 0 Å². The Hall–Kier alpha value is -2.72. The lowest BCUT2D eigenvalue weighted by atomic mass is 10.1. The molecule has 0 bridgehead atoms. The van der Waals surface area contributed by atoms with Crippen LogP contribution in [0.3, 0.4) is 0 Å². The predicted molar refractivity (Wildman–Crippen MR) is 89.0 cm³/mol. The van der Waals surface area contributed by atoms with E-state index in [4.69, 9.17) is 11.6 Å². The Labute approximate surface area is 137 Å². The molecule has 1 N–H and O–H groups in total. The number of carbonyl (C=O) groups is 1. The minimum absolute atomic E-state index is 0.0374. The number of anilines is 1. The second kappa shape index (κ2) is 6.58. The first-order valence-corrected chi connectivity index (χ1v) is 7.30. The highest BCUT2D eigenvalue weighted by Gasteiger charge is 2.14. The lowest BCUT2D eigenvalue weighted by molar-refractivity contribution is 0.102. The van der Waals surface area contributed by atoms with Gasteiger partial charge in [0.05, 0.1) is 16.3 Å². The summed E-state index contributed by atoms with van der Waals surface area (Å²) in [5, 5.41) is 3.07. The molecule has 0 aliphatic heterocycles. The van der Waals surface area contributed by atoms with Crippen molar-refractivity contribution in [1.82, 2.24) is 4.98 Å². The quantitative estimate of drug-likeness (QED) is 0.751. The van der Waals surface area contributed by atoms with Crippen molar-refractivity contribution in [2.75, 3.05) is 5.32 Å². The zero-order valence-corrected chi connectivity index (χ0v) is 12.7. The van der Waals surface area contributed by atoms with Gasteiger partial charge in [-0.05, 0) is 36.4 Å². The summed E-state index contributed by atoms with van der Waals surface area (Å²) in [6.45, 7) is 0. The average molecular weight is 327 g/mol. The van der Waals surface area contributed by atoms with Crippen molar-refractivity contribution in [2.45, 2.75) is 0 Å². The number of carbonyl (C=O) groups excluding carboxylic acids is 1. The fourth-order valence-corrected chi connectivity index (χ4v) is 2.40. The molecule has 0 fully saturated rings. The topological polar surface area (TPSA) is 42.0 Å². The highest BCUT2D eigenvalue weighted by atomic mass is 35.5.